The van der Waals surface area contributed by atoms with Gasteiger partial charge in [0.15, 0.2) is 0 Å². The van der Waals surface area contributed by atoms with Crippen LogP contribution in [-0.2, 0) is 7.05 Å². The van der Waals surface area contributed by atoms with Crippen LogP contribution in [0.5, 0.6) is 0 Å². The van der Waals surface area contributed by atoms with Crippen LogP contribution in [0.1, 0.15) is 18.0 Å². The van der Waals surface area contributed by atoms with Crippen molar-refractivity contribution in [2.45, 2.75) is 18.5 Å². The molecule has 3 aromatic rings. The Labute approximate surface area is 200 Å². The summed E-state index contributed by atoms with van der Waals surface area (Å²) in [6, 6.07) is 13.0. The minimum absolute atomic E-state index is 0.0975. The van der Waals surface area contributed by atoms with Crippen molar-refractivity contribution in [1.82, 2.24) is 29.7 Å². The van der Waals surface area contributed by atoms with Crippen LogP contribution in [0.15, 0.2) is 53.7 Å². The maximum atomic E-state index is 12.7. The number of hydrogen-bond acceptors (Lipinski definition) is 8. The Bertz CT molecular complexity index is 1180. The number of anilines is 2. The maximum Gasteiger partial charge on any atom is 0.255 e. The minimum Gasteiger partial charge on any atom is -0.370 e. The van der Waals surface area contributed by atoms with E-state index in [1.165, 1.54) is 30.1 Å². The van der Waals surface area contributed by atoms with Crippen LogP contribution in [0.4, 0.5) is 11.6 Å². The first kappa shape index (κ1) is 22.5. The zero-order valence-corrected chi connectivity index (χ0v) is 20.1. The first-order chi connectivity index (χ1) is 16.5. The van der Waals surface area contributed by atoms with Crippen LogP contribution >= 0.6 is 0 Å². The Morgan fingerprint density at radius 3 is 2.56 bits per heavy atom. The monoisotopic (exact) mass is 460 g/mol. The summed E-state index contributed by atoms with van der Waals surface area (Å²) >= 11 is 0. The lowest BCUT2D eigenvalue weighted by molar-refractivity contribution is 0.315. The highest BCUT2D eigenvalue weighted by atomic mass is 16.1. The molecule has 34 heavy (non-hydrogen) atoms. The van der Waals surface area contributed by atoms with Gasteiger partial charge in [-0.3, -0.25) is 9.36 Å². The van der Waals surface area contributed by atoms with Crippen molar-refractivity contribution in [3.05, 3.63) is 64.8 Å². The largest absolute Gasteiger partial charge is 0.370 e. The van der Waals surface area contributed by atoms with Gasteiger partial charge in [-0.1, -0.05) is 12.1 Å². The molecule has 2 fully saturated rings. The number of benzene rings is 1. The van der Waals surface area contributed by atoms with Crippen molar-refractivity contribution < 1.29 is 0 Å². The number of aromatic nitrogens is 4. The summed E-state index contributed by atoms with van der Waals surface area (Å²) in [6.07, 6.45) is 4.34. The molecule has 9 heteroatoms. The third-order valence-corrected chi connectivity index (χ3v) is 6.97. The fourth-order valence-electron chi connectivity index (χ4n) is 4.85. The lowest BCUT2D eigenvalue weighted by Crippen LogP contribution is -2.47. The molecule has 2 saturated heterocycles. The average Bonchev–Trinajstić information content (AvgIpc) is 3.37. The summed E-state index contributed by atoms with van der Waals surface area (Å²) in [5, 5.41) is 3.63. The van der Waals surface area contributed by atoms with Gasteiger partial charge in [-0.15, -0.1) is 0 Å². The van der Waals surface area contributed by atoms with E-state index in [1.54, 1.807) is 23.9 Å². The Morgan fingerprint density at radius 2 is 1.85 bits per heavy atom. The zero-order chi connectivity index (χ0) is 23.7. The van der Waals surface area contributed by atoms with E-state index in [9.17, 15) is 4.79 Å². The van der Waals surface area contributed by atoms with E-state index < -0.39 is 0 Å². The summed E-state index contributed by atoms with van der Waals surface area (Å²) < 4.78 is 1.62. The standard InChI is InChI=1S/C25H32N8O/c1-30(2)20-9-12-32(15-20)19-6-4-18(5-7-19)23-16-33(13-11-27-23)25-29-22(14-24(34)31(25)3)21-8-10-26-17-28-21/h4-8,10,14,17,20,23,27H,9,11-13,15-16H2,1-3H3/t20-,23-/m1/s1. The van der Waals surface area contributed by atoms with Crippen LogP contribution in [0, 0.1) is 0 Å². The molecule has 2 atom stereocenters. The van der Waals surface area contributed by atoms with E-state index in [1.807, 2.05) is 0 Å². The second kappa shape index (κ2) is 9.52. The molecule has 1 N–H and O–H groups in total. The summed E-state index contributed by atoms with van der Waals surface area (Å²) in [6.45, 7) is 4.50. The first-order valence-electron chi connectivity index (χ1n) is 11.8. The molecule has 1 aromatic carbocycles. The molecular weight excluding hydrogens is 428 g/mol. The van der Waals surface area contributed by atoms with Gasteiger partial charge in [-0.25, -0.2) is 15.0 Å². The molecule has 0 amide bonds. The Morgan fingerprint density at radius 1 is 1.03 bits per heavy atom. The van der Waals surface area contributed by atoms with Crippen molar-refractivity contribution >= 4 is 11.6 Å². The van der Waals surface area contributed by atoms with Gasteiger partial charge in [0, 0.05) is 69.8 Å². The predicted octanol–water partition coefficient (Wildman–Crippen LogP) is 1.53. The number of hydrogen-bond donors (Lipinski definition) is 1. The van der Waals surface area contributed by atoms with E-state index >= 15 is 0 Å². The van der Waals surface area contributed by atoms with Crippen molar-refractivity contribution in [3.8, 4) is 11.4 Å². The van der Waals surface area contributed by atoms with E-state index in [2.05, 4.69) is 68.3 Å². The number of nitrogens with one attached hydrogen (secondary N) is 1. The molecule has 0 radical (unpaired) electrons. The molecule has 2 aliphatic heterocycles. The predicted molar refractivity (Wildman–Crippen MR) is 134 cm³/mol. The van der Waals surface area contributed by atoms with Gasteiger partial charge in [0.25, 0.3) is 5.56 Å². The quantitative estimate of drug-likeness (QED) is 0.614. The molecule has 0 bridgehead atoms. The van der Waals surface area contributed by atoms with Crippen LogP contribution in [0.2, 0.25) is 0 Å². The normalized spacial score (nSPS) is 20.8. The van der Waals surface area contributed by atoms with Crippen molar-refractivity contribution in [2.75, 3.05) is 56.6 Å². The van der Waals surface area contributed by atoms with E-state index in [-0.39, 0.29) is 11.6 Å². The number of likely N-dealkylation sites (N-methyl/N-ethyl adjacent to an activating group) is 1. The van der Waals surface area contributed by atoms with Crippen molar-refractivity contribution in [1.29, 1.82) is 0 Å². The van der Waals surface area contributed by atoms with Crippen LogP contribution in [0.25, 0.3) is 11.4 Å². The Kier molecular flexibility index (Phi) is 6.30. The molecule has 4 heterocycles. The maximum absolute atomic E-state index is 12.7. The van der Waals surface area contributed by atoms with Crippen LogP contribution in [0.3, 0.4) is 0 Å². The lowest BCUT2D eigenvalue weighted by Gasteiger charge is -2.35. The van der Waals surface area contributed by atoms with Crippen molar-refractivity contribution in [3.63, 3.8) is 0 Å². The van der Waals surface area contributed by atoms with Crippen LogP contribution < -0.4 is 20.7 Å². The second-order valence-electron chi connectivity index (χ2n) is 9.33. The third kappa shape index (κ3) is 4.53. The van der Waals surface area contributed by atoms with E-state index in [0.29, 0.717) is 23.4 Å². The van der Waals surface area contributed by atoms with Crippen LogP contribution in [-0.4, -0.2) is 77.3 Å². The van der Waals surface area contributed by atoms with Crippen molar-refractivity contribution in [2.24, 2.45) is 7.05 Å². The zero-order valence-electron chi connectivity index (χ0n) is 20.1. The minimum atomic E-state index is -0.0975. The third-order valence-electron chi connectivity index (χ3n) is 6.97. The van der Waals surface area contributed by atoms with Gasteiger partial charge in [-0.05, 0) is 44.3 Å². The molecule has 178 valence electrons. The summed E-state index contributed by atoms with van der Waals surface area (Å²) in [7, 11) is 6.09. The van der Waals surface area contributed by atoms with Gasteiger partial charge in [-0.2, -0.15) is 0 Å². The van der Waals surface area contributed by atoms with Gasteiger partial charge < -0.3 is 20.0 Å². The molecule has 9 nitrogen and oxygen atoms in total. The number of rotatable bonds is 5. The molecule has 2 aliphatic rings. The van der Waals surface area contributed by atoms with Gasteiger partial charge in [0.1, 0.15) is 6.33 Å². The highest BCUT2D eigenvalue weighted by Crippen LogP contribution is 2.26. The molecule has 0 aliphatic carbocycles. The average molecular weight is 461 g/mol. The lowest BCUT2D eigenvalue weighted by atomic mass is 10.0. The number of piperazine rings is 1. The molecule has 5 rings (SSSR count). The van der Waals surface area contributed by atoms with E-state index in [0.717, 1.165) is 32.7 Å². The van der Waals surface area contributed by atoms with Gasteiger partial charge >= 0.3 is 0 Å². The highest BCUT2D eigenvalue weighted by Gasteiger charge is 2.26. The first-order valence-corrected chi connectivity index (χ1v) is 11.8. The van der Waals surface area contributed by atoms with Gasteiger partial charge in [0.05, 0.1) is 11.4 Å². The SMILES string of the molecule is CN(C)[C@@H]1CCN(c2ccc([C@H]3CN(c4nc(-c5ccncn5)cc(=O)n4C)CCN3)cc2)C1. The smallest absolute Gasteiger partial charge is 0.255 e. The molecule has 0 saturated carbocycles. The molecule has 0 unspecified atom stereocenters. The Hall–Kier alpha value is -3.30. The fraction of sp³-hybridized carbons (Fsp3) is 0.440. The topological polar surface area (TPSA) is 82.4 Å². The fourth-order valence-corrected chi connectivity index (χ4v) is 4.85. The molecule has 2 aromatic heterocycles. The molecular formula is C25H32N8O. The highest BCUT2D eigenvalue weighted by molar-refractivity contribution is 5.55. The molecule has 0 spiro atoms. The summed E-state index contributed by atoms with van der Waals surface area (Å²) in [4.78, 5) is 32.7. The summed E-state index contributed by atoms with van der Waals surface area (Å²) in [5.74, 6) is 0.663. The van der Waals surface area contributed by atoms with E-state index in [4.69, 9.17) is 4.98 Å². The number of nitrogens with zero attached hydrogens (tertiary/aromatic N) is 7. The summed E-state index contributed by atoms with van der Waals surface area (Å²) in [5.41, 5.74) is 3.65. The second-order valence-corrected chi connectivity index (χ2v) is 9.33. The Balaban J connectivity index is 1.34. The van der Waals surface area contributed by atoms with Gasteiger partial charge in [0.2, 0.25) is 5.95 Å².